The number of benzene rings is 3. The fourth-order valence-corrected chi connectivity index (χ4v) is 4.23. The lowest BCUT2D eigenvalue weighted by Crippen LogP contribution is -2.21. The second kappa shape index (κ2) is 11.0. The van der Waals surface area contributed by atoms with Crippen molar-refractivity contribution in [1.82, 2.24) is 19.8 Å². The van der Waals surface area contributed by atoms with Gasteiger partial charge in [-0.15, -0.1) is 0 Å². The fourth-order valence-electron chi connectivity index (χ4n) is 4.23. The van der Waals surface area contributed by atoms with E-state index in [9.17, 15) is 9.59 Å². The number of rotatable bonds is 7. The Morgan fingerprint density at radius 2 is 1.57 bits per heavy atom. The SMILES string of the molecule is CONC(=O)c1ccc(Nc2nc(-c3cccc(NC(=O)c4ccc(C(C)(C)C)cc4)c3)cn3ccnc23)cc1. The molecule has 0 spiro atoms. The predicted octanol–water partition coefficient (Wildman–Crippen LogP) is 5.98. The van der Waals surface area contributed by atoms with Crippen molar-refractivity contribution in [3.63, 3.8) is 0 Å². The Kier molecular flexibility index (Phi) is 7.31. The van der Waals surface area contributed by atoms with Gasteiger partial charge in [-0.3, -0.25) is 14.4 Å². The van der Waals surface area contributed by atoms with Crippen LogP contribution >= 0.6 is 0 Å². The van der Waals surface area contributed by atoms with E-state index in [0.29, 0.717) is 34.0 Å². The van der Waals surface area contributed by atoms with Gasteiger partial charge in [-0.2, -0.15) is 0 Å². The molecule has 202 valence electrons. The van der Waals surface area contributed by atoms with Gasteiger partial charge >= 0.3 is 0 Å². The highest BCUT2D eigenvalue weighted by Gasteiger charge is 2.15. The summed E-state index contributed by atoms with van der Waals surface area (Å²) in [6.07, 6.45) is 5.43. The number of aromatic nitrogens is 3. The van der Waals surface area contributed by atoms with E-state index >= 15 is 0 Å². The van der Waals surface area contributed by atoms with E-state index < -0.39 is 0 Å². The summed E-state index contributed by atoms with van der Waals surface area (Å²) in [5, 5.41) is 6.29. The molecule has 2 heterocycles. The highest BCUT2D eigenvalue weighted by molar-refractivity contribution is 6.04. The molecule has 9 heteroatoms. The fraction of sp³-hybridized carbons (Fsp3) is 0.161. The average molecular weight is 535 g/mol. The molecule has 2 amide bonds. The normalized spacial score (nSPS) is 11.3. The molecule has 0 saturated heterocycles. The minimum atomic E-state index is -0.335. The third-order valence-corrected chi connectivity index (χ3v) is 6.41. The van der Waals surface area contributed by atoms with Crippen molar-refractivity contribution < 1.29 is 14.4 Å². The standard InChI is InChI=1S/C31H30N6O3/c1-31(2,3)23-12-8-20(9-13-23)29(38)34-25-7-5-6-22(18-25)26-19-37-17-16-32-28(37)27(35-26)33-24-14-10-21(11-15-24)30(39)36-40-4/h5-19H,1-4H3,(H,33,35)(H,34,38)(H,36,39). The third kappa shape index (κ3) is 5.84. The Hall–Kier alpha value is -5.02. The molecule has 5 aromatic rings. The lowest BCUT2D eigenvalue weighted by atomic mass is 9.87. The van der Waals surface area contributed by atoms with Crippen LogP contribution in [-0.2, 0) is 10.3 Å². The van der Waals surface area contributed by atoms with Crippen molar-refractivity contribution in [3.8, 4) is 11.3 Å². The van der Waals surface area contributed by atoms with Gasteiger partial charge in [-0.05, 0) is 59.5 Å². The van der Waals surface area contributed by atoms with Crippen LogP contribution in [0.25, 0.3) is 16.9 Å². The quantitative estimate of drug-likeness (QED) is 0.222. The Balaban J connectivity index is 1.38. The van der Waals surface area contributed by atoms with E-state index in [-0.39, 0.29) is 17.2 Å². The number of fused-ring (bicyclic) bond motifs is 1. The maximum absolute atomic E-state index is 12.9. The van der Waals surface area contributed by atoms with Crippen LogP contribution in [0.2, 0.25) is 0 Å². The third-order valence-electron chi connectivity index (χ3n) is 6.41. The van der Waals surface area contributed by atoms with E-state index in [4.69, 9.17) is 4.98 Å². The van der Waals surface area contributed by atoms with Crippen molar-refractivity contribution in [2.24, 2.45) is 0 Å². The van der Waals surface area contributed by atoms with E-state index in [0.717, 1.165) is 11.3 Å². The van der Waals surface area contributed by atoms with Crippen molar-refractivity contribution >= 4 is 34.7 Å². The molecule has 2 aromatic heterocycles. The molecule has 0 unspecified atom stereocenters. The van der Waals surface area contributed by atoms with Crippen molar-refractivity contribution in [1.29, 1.82) is 0 Å². The van der Waals surface area contributed by atoms with Crippen molar-refractivity contribution in [3.05, 3.63) is 108 Å². The number of nitrogens with zero attached hydrogens (tertiary/aromatic N) is 3. The summed E-state index contributed by atoms with van der Waals surface area (Å²) >= 11 is 0. The van der Waals surface area contributed by atoms with Gasteiger partial charge in [-0.1, -0.05) is 45.0 Å². The summed E-state index contributed by atoms with van der Waals surface area (Å²) in [4.78, 5) is 38.9. The second-order valence-corrected chi connectivity index (χ2v) is 10.3. The molecule has 9 nitrogen and oxygen atoms in total. The van der Waals surface area contributed by atoms with Gasteiger partial charge in [0, 0.05) is 46.7 Å². The van der Waals surface area contributed by atoms with Crippen LogP contribution in [0.15, 0.2) is 91.4 Å². The Bertz CT molecular complexity index is 1670. The largest absolute Gasteiger partial charge is 0.337 e. The molecule has 40 heavy (non-hydrogen) atoms. The first-order valence-electron chi connectivity index (χ1n) is 12.8. The zero-order valence-corrected chi connectivity index (χ0v) is 22.7. The van der Waals surface area contributed by atoms with Gasteiger partial charge in [0.25, 0.3) is 11.8 Å². The minimum Gasteiger partial charge on any atom is -0.337 e. The van der Waals surface area contributed by atoms with Gasteiger partial charge in [-0.25, -0.2) is 15.4 Å². The zero-order chi connectivity index (χ0) is 28.3. The molecule has 0 aliphatic heterocycles. The molecule has 0 radical (unpaired) electrons. The number of carbonyl (C=O) groups is 2. The number of imidazole rings is 1. The van der Waals surface area contributed by atoms with E-state index in [1.807, 2.05) is 65.3 Å². The maximum atomic E-state index is 12.9. The number of hydrogen-bond donors (Lipinski definition) is 3. The minimum absolute atomic E-state index is 0.0183. The lowest BCUT2D eigenvalue weighted by molar-refractivity contribution is 0.0537. The monoisotopic (exact) mass is 534 g/mol. The Morgan fingerprint density at radius 1 is 0.875 bits per heavy atom. The summed E-state index contributed by atoms with van der Waals surface area (Å²) in [5.74, 6) is 0.0318. The van der Waals surface area contributed by atoms with Crippen LogP contribution in [0, 0.1) is 0 Å². The van der Waals surface area contributed by atoms with Gasteiger partial charge < -0.3 is 15.0 Å². The van der Waals surface area contributed by atoms with Crippen molar-refractivity contribution in [2.45, 2.75) is 26.2 Å². The summed E-state index contributed by atoms with van der Waals surface area (Å²) in [6, 6.07) is 22.2. The number of hydroxylamine groups is 1. The first-order chi connectivity index (χ1) is 19.2. The lowest BCUT2D eigenvalue weighted by Gasteiger charge is -2.19. The van der Waals surface area contributed by atoms with E-state index in [2.05, 4.69) is 46.7 Å². The summed E-state index contributed by atoms with van der Waals surface area (Å²) in [7, 11) is 1.39. The maximum Gasteiger partial charge on any atom is 0.274 e. The molecular formula is C31H30N6O3. The Labute approximate surface area is 232 Å². The molecule has 3 aromatic carbocycles. The van der Waals surface area contributed by atoms with E-state index in [1.165, 1.54) is 12.7 Å². The van der Waals surface area contributed by atoms with Crippen LogP contribution in [0.3, 0.4) is 0 Å². The average Bonchev–Trinajstić information content (AvgIpc) is 3.43. The first-order valence-corrected chi connectivity index (χ1v) is 12.8. The number of carbonyl (C=O) groups excluding carboxylic acids is 2. The van der Waals surface area contributed by atoms with Crippen LogP contribution < -0.4 is 16.1 Å². The van der Waals surface area contributed by atoms with Crippen LogP contribution in [0.1, 0.15) is 47.1 Å². The topological polar surface area (TPSA) is 110 Å². The number of anilines is 3. The van der Waals surface area contributed by atoms with Gasteiger partial charge in [0.05, 0.1) is 12.8 Å². The van der Waals surface area contributed by atoms with Crippen molar-refractivity contribution in [2.75, 3.05) is 17.7 Å². The zero-order valence-electron chi connectivity index (χ0n) is 22.7. The summed E-state index contributed by atoms with van der Waals surface area (Å²) < 4.78 is 1.88. The molecule has 0 aliphatic carbocycles. The van der Waals surface area contributed by atoms with Crippen LogP contribution in [0.4, 0.5) is 17.2 Å². The molecule has 0 atom stereocenters. The smallest absolute Gasteiger partial charge is 0.274 e. The molecule has 0 saturated carbocycles. The van der Waals surface area contributed by atoms with Gasteiger partial charge in [0.1, 0.15) is 0 Å². The highest BCUT2D eigenvalue weighted by atomic mass is 16.6. The van der Waals surface area contributed by atoms with E-state index in [1.54, 1.807) is 30.5 Å². The first kappa shape index (κ1) is 26.6. The molecule has 3 N–H and O–H groups in total. The van der Waals surface area contributed by atoms with Gasteiger partial charge in [0.15, 0.2) is 11.5 Å². The van der Waals surface area contributed by atoms with Crippen LogP contribution in [0.5, 0.6) is 0 Å². The molecule has 0 fully saturated rings. The summed E-state index contributed by atoms with van der Waals surface area (Å²) in [6.45, 7) is 6.43. The number of nitrogens with one attached hydrogen (secondary N) is 3. The number of amides is 2. The predicted molar refractivity (Wildman–Crippen MR) is 156 cm³/mol. The Morgan fingerprint density at radius 3 is 2.27 bits per heavy atom. The molecule has 5 rings (SSSR count). The second-order valence-electron chi connectivity index (χ2n) is 10.3. The molecule has 0 aliphatic rings. The highest BCUT2D eigenvalue weighted by Crippen LogP contribution is 2.27. The van der Waals surface area contributed by atoms with Gasteiger partial charge in [0.2, 0.25) is 0 Å². The van der Waals surface area contributed by atoms with Crippen LogP contribution in [-0.4, -0.2) is 33.3 Å². The molecule has 0 bridgehead atoms. The number of hydrogen-bond acceptors (Lipinski definition) is 6. The molecular weight excluding hydrogens is 504 g/mol. The summed E-state index contributed by atoms with van der Waals surface area (Å²) in [5.41, 5.74) is 8.10.